The van der Waals surface area contributed by atoms with E-state index in [1.807, 2.05) is 18.2 Å². The van der Waals surface area contributed by atoms with Crippen molar-refractivity contribution in [2.45, 2.75) is 51.6 Å². The standard InChI is InChI=1S/C16H26O3/c1-3-4-5-6-7-8-9-10-12-15(19-2)13-11-14-16(17)18/h5-6,8-10,12,15H,3-4,7,11,13-14H2,1-2H3,(H,17,18). The molecule has 0 aliphatic carbocycles. The average molecular weight is 266 g/mol. The molecule has 0 aromatic rings. The molecule has 1 N–H and O–H groups in total. The first kappa shape index (κ1) is 17.6. The molecule has 0 heterocycles. The van der Waals surface area contributed by atoms with Crippen LogP contribution in [0.2, 0.25) is 0 Å². The van der Waals surface area contributed by atoms with Gasteiger partial charge in [0.1, 0.15) is 0 Å². The molecule has 0 aliphatic rings. The lowest BCUT2D eigenvalue weighted by atomic mass is 10.1. The minimum absolute atomic E-state index is 0.000339. The van der Waals surface area contributed by atoms with E-state index in [4.69, 9.17) is 9.84 Å². The normalized spacial score (nSPS) is 13.8. The van der Waals surface area contributed by atoms with Gasteiger partial charge in [0.2, 0.25) is 0 Å². The minimum Gasteiger partial charge on any atom is -0.481 e. The predicted molar refractivity (Wildman–Crippen MR) is 79.2 cm³/mol. The fraction of sp³-hybridized carbons (Fsp3) is 0.562. The van der Waals surface area contributed by atoms with Crippen molar-refractivity contribution in [2.24, 2.45) is 0 Å². The number of rotatable bonds is 11. The van der Waals surface area contributed by atoms with Gasteiger partial charge in [-0.3, -0.25) is 4.79 Å². The summed E-state index contributed by atoms with van der Waals surface area (Å²) >= 11 is 0. The third-order valence-electron chi connectivity index (χ3n) is 2.65. The topological polar surface area (TPSA) is 46.5 Å². The first-order valence-electron chi connectivity index (χ1n) is 6.93. The quantitative estimate of drug-likeness (QED) is 0.452. The maximum Gasteiger partial charge on any atom is 0.303 e. The number of aliphatic carboxylic acids is 1. The number of carboxylic acid groups (broad SMARTS) is 1. The van der Waals surface area contributed by atoms with E-state index in [2.05, 4.69) is 25.2 Å². The van der Waals surface area contributed by atoms with Crippen LogP contribution < -0.4 is 0 Å². The van der Waals surface area contributed by atoms with E-state index in [1.165, 1.54) is 6.42 Å². The highest BCUT2D eigenvalue weighted by atomic mass is 16.5. The Hall–Kier alpha value is -1.35. The monoisotopic (exact) mass is 266 g/mol. The molecular weight excluding hydrogens is 240 g/mol. The largest absolute Gasteiger partial charge is 0.481 e. The molecule has 0 bridgehead atoms. The summed E-state index contributed by atoms with van der Waals surface area (Å²) in [6.45, 7) is 2.16. The highest BCUT2D eigenvalue weighted by molar-refractivity contribution is 5.66. The second kappa shape index (κ2) is 13.1. The Morgan fingerprint density at radius 2 is 2.05 bits per heavy atom. The van der Waals surface area contributed by atoms with Crippen molar-refractivity contribution in [3.8, 4) is 0 Å². The van der Waals surface area contributed by atoms with Gasteiger partial charge in [0, 0.05) is 13.5 Å². The highest BCUT2D eigenvalue weighted by Gasteiger charge is 2.03. The van der Waals surface area contributed by atoms with Crippen LogP contribution in [0, 0.1) is 0 Å². The molecule has 1 atom stereocenters. The lowest BCUT2D eigenvalue weighted by molar-refractivity contribution is -0.137. The van der Waals surface area contributed by atoms with Crippen molar-refractivity contribution < 1.29 is 14.6 Å². The van der Waals surface area contributed by atoms with Crippen LogP contribution in [-0.4, -0.2) is 24.3 Å². The van der Waals surface area contributed by atoms with Gasteiger partial charge in [-0.25, -0.2) is 0 Å². The van der Waals surface area contributed by atoms with E-state index >= 15 is 0 Å². The smallest absolute Gasteiger partial charge is 0.303 e. The SMILES string of the molecule is CCCC=CCC=CC=CC(CCCC(=O)O)OC. The van der Waals surface area contributed by atoms with Gasteiger partial charge in [-0.1, -0.05) is 49.8 Å². The number of ether oxygens (including phenoxy) is 1. The molecule has 0 amide bonds. The van der Waals surface area contributed by atoms with Gasteiger partial charge in [0.25, 0.3) is 0 Å². The molecule has 0 spiro atoms. The van der Waals surface area contributed by atoms with E-state index in [0.717, 1.165) is 19.3 Å². The van der Waals surface area contributed by atoms with Gasteiger partial charge >= 0.3 is 5.97 Å². The average Bonchev–Trinajstić information content (AvgIpc) is 2.39. The van der Waals surface area contributed by atoms with Crippen LogP contribution in [0.1, 0.15) is 45.4 Å². The van der Waals surface area contributed by atoms with E-state index in [-0.39, 0.29) is 12.5 Å². The number of methoxy groups -OCH3 is 1. The molecule has 19 heavy (non-hydrogen) atoms. The van der Waals surface area contributed by atoms with Crippen LogP contribution >= 0.6 is 0 Å². The third kappa shape index (κ3) is 12.9. The van der Waals surface area contributed by atoms with Crippen LogP contribution in [-0.2, 0) is 9.53 Å². The molecule has 0 rings (SSSR count). The van der Waals surface area contributed by atoms with Gasteiger partial charge in [-0.15, -0.1) is 0 Å². The molecule has 0 saturated heterocycles. The van der Waals surface area contributed by atoms with E-state index < -0.39 is 5.97 Å². The fourth-order valence-corrected chi connectivity index (χ4v) is 1.55. The number of hydrogen-bond acceptors (Lipinski definition) is 2. The van der Waals surface area contributed by atoms with Gasteiger partial charge in [0.05, 0.1) is 6.10 Å². The van der Waals surface area contributed by atoms with E-state index in [9.17, 15) is 4.79 Å². The maximum atomic E-state index is 10.4. The number of allylic oxidation sites excluding steroid dienone is 5. The number of unbranched alkanes of at least 4 members (excludes halogenated alkanes) is 1. The van der Waals surface area contributed by atoms with Gasteiger partial charge in [0.15, 0.2) is 0 Å². The van der Waals surface area contributed by atoms with Crippen molar-refractivity contribution in [1.82, 2.24) is 0 Å². The summed E-state index contributed by atoms with van der Waals surface area (Å²) < 4.78 is 5.26. The molecule has 3 nitrogen and oxygen atoms in total. The molecule has 108 valence electrons. The Kier molecular flexibility index (Phi) is 12.2. The molecule has 3 heteroatoms. The van der Waals surface area contributed by atoms with Crippen LogP contribution in [0.5, 0.6) is 0 Å². The van der Waals surface area contributed by atoms with Crippen molar-refractivity contribution in [3.05, 3.63) is 36.5 Å². The first-order valence-corrected chi connectivity index (χ1v) is 6.93. The van der Waals surface area contributed by atoms with Crippen molar-refractivity contribution in [1.29, 1.82) is 0 Å². The zero-order chi connectivity index (χ0) is 14.3. The second-order valence-corrected chi connectivity index (χ2v) is 4.37. The zero-order valence-corrected chi connectivity index (χ0v) is 12.0. The summed E-state index contributed by atoms with van der Waals surface area (Å²) in [7, 11) is 1.65. The van der Waals surface area contributed by atoms with Gasteiger partial charge < -0.3 is 9.84 Å². The maximum absolute atomic E-state index is 10.4. The Morgan fingerprint density at radius 1 is 1.26 bits per heavy atom. The predicted octanol–water partition coefficient (Wildman–Crippen LogP) is 4.12. The molecule has 0 aromatic carbocycles. The second-order valence-electron chi connectivity index (χ2n) is 4.37. The molecule has 0 fully saturated rings. The van der Waals surface area contributed by atoms with E-state index in [1.54, 1.807) is 7.11 Å². The Morgan fingerprint density at radius 3 is 2.68 bits per heavy atom. The number of carboxylic acids is 1. The number of hydrogen-bond donors (Lipinski definition) is 1. The van der Waals surface area contributed by atoms with Gasteiger partial charge in [-0.2, -0.15) is 0 Å². The Balaban J connectivity index is 3.80. The molecule has 0 saturated carbocycles. The number of carbonyl (C=O) groups is 1. The first-order chi connectivity index (χ1) is 9.20. The summed E-state index contributed by atoms with van der Waals surface area (Å²) in [6.07, 6.45) is 17.2. The minimum atomic E-state index is -0.752. The Bertz CT molecular complexity index is 303. The fourth-order valence-electron chi connectivity index (χ4n) is 1.55. The lowest BCUT2D eigenvalue weighted by Gasteiger charge is -2.08. The summed E-state index contributed by atoms with van der Waals surface area (Å²) in [5, 5.41) is 8.56. The zero-order valence-electron chi connectivity index (χ0n) is 12.0. The van der Waals surface area contributed by atoms with Crippen LogP contribution in [0.25, 0.3) is 0 Å². The van der Waals surface area contributed by atoms with Crippen LogP contribution in [0.3, 0.4) is 0 Å². The third-order valence-corrected chi connectivity index (χ3v) is 2.65. The van der Waals surface area contributed by atoms with Gasteiger partial charge in [-0.05, 0) is 25.7 Å². The van der Waals surface area contributed by atoms with Crippen molar-refractivity contribution in [3.63, 3.8) is 0 Å². The summed E-state index contributed by atoms with van der Waals surface area (Å²) in [5.74, 6) is -0.752. The summed E-state index contributed by atoms with van der Waals surface area (Å²) in [6, 6.07) is 0. The highest BCUT2D eigenvalue weighted by Crippen LogP contribution is 2.06. The Labute approximate surface area is 116 Å². The molecule has 0 aliphatic heterocycles. The molecule has 0 aromatic heterocycles. The van der Waals surface area contributed by atoms with E-state index in [0.29, 0.717) is 6.42 Å². The summed E-state index contributed by atoms with van der Waals surface area (Å²) in [4.78, 5) is 10.4. The van der Waals surface area contributed by atoms with Crippen molar-refractivity contribution in [2.75, 3.05) is 7.11 Å². The summed E-state index contributed by atoms with van der Waals surface area (Å²) in [5.41, 5.74) is 0. The molecular formula is C16H26O3. The lowest BCUT2D eigenvalue weighted by Crippen LogP contribution is -2.07. The molecule has 1 unspecified atom stereocenters. The van der Waals surface area contributed by atoms with Crippen LogP contribution in [0.4, 0.5) is 0 Å². The van der Waals surface area contributed by atoms with Crippen molar-refractivity contribution >= 4 is 5.97 Å². The van der Waals surface area contributed by atoms with Crippen LogP contribution in [0.15, 0.2) is 36.5 Å². The molecule has 0 radical (unpaired) electrons.